The number of benzene rings is 2. The van der Waals surface area contributed by atoms with E-state index in [9.17, 15) is 27.6 Å². The Labute approximate surface area is 163 Å². The summed E-state index contributed by atoms with van der Waals surface area (Å²) in [5.41, 5.74) is 2.42. The van der Waals surface area contributed by atoms with Crippen LogP contribution in [-0.2, 0) is 16.1 Å². The maximum Gasteiger partial charge on any atom is 0.573 e. The van der Waals surface area contributed by atoms with Gasteiger partial charge in [-0.15, -0.1) is 13.2 Å². The van der Waals surface area contributed by atoms with Crippen molar-refractivity contribution in [2.24, 2.45) is 0 Å². The van der Waals surface area contributed by atoms with E-state index in [1.165, 1.54) is 29.2 Å². The van der Waals surface area contributed by atoms with Gasteiger partial charge in [-0.05, 0) is 41.3 Å². The fourth-order valence-electron chi connectivity index (χ4n) is 3.69. The van der Waals surface area contributed by atoms with Crippen molar-refractivity contribution in [1.82, 2.24) is 10.2 Å². The number of ether oxygens (including phenoxy) is 1. The number of alkyl halides is 3. The van der Waals surface area contributed by atoms with Gasteiger partial charge < -0.3 is 9.64 Å². The number of nitrogens with zero attached hydrogens (tertiary/aromatic N) is 1. The Hall–Kier alpha value is -3.36. The molecule has 29 heavy (non-hydrogen) atoms. The normalized spacial score (nSPS) is 19.2. The third-order valence-electron chi connectivity index (χ3n) is 4.98. The number of nitrogens with one attached hydrogen (secondary N) is 1. The highest BCUT2D eigenvalue weighted by Crippen LogP contribution is 2.35. The predicted molar refractivity (Wildman–Crippen MR) is 94.6 cm³/mol. The van der Waals surface area contributed by atoms with E-state index in [2.05, 4.69) is 10.1 Å². The van der Waals surface area contributed by atoms with Crippen LogP contribution in [0.1, 0.15) is 28.8 Å². The largest absolute Gasteiger partial charge is 0.573 e. The minimum atomic E-state index is -4.77. The summed E-state index contributed by atoms with van der Waals surface area (Å²) in [6.07, 6.45) is -4.36. The average Bonchev–Trinajstić information content (AvgIpc) is 2.98. The lowest BCUT2D eigenvalue weighted by Gasteiger charge is -2.29. The third kappa shape index (κ3) is 3.67. The van der Waals surface area contributed by atoms with Crippen LogP contribution >= 0.6 is 0 Å². The summed E-state index contributed by atoms with van der Waals surface area (Å²) in [7, 11) is 0. The smallest absolute Gasteiger partial charge is 0.406 e. The van der Waals surface area contributed by atoms with E-state index in [0.717, 1.165) is 0 Å². The van der Waals surface area contributed by atoms with Crippen molar-refractivity contribution >= 4 is 17.7 Å². The molecule has 2 aromatic rings. The first kappa shape index (κ1) is 19.0. The van der Waals surface area contributed by atoms with Crippen LogP contribution in [0.3, 0.4) is 0 Å². The van der Waals surface area contributed by atoms with Gasteiger partial charge in [0.05, 0.1) is 0 Å². The molecule has 1 atom stereocenters. The third-order valence-corrected chi connectivity index (χ3v) is 4.98. The second kappa shape index (κ2) is 6.91. The molecule has 4 rings (SSSR count). The molecule has 0 bridgehead atoms. The van der Waals surface area contributed by atoms with Crippen molar-refractivity contribution in [3.05, 3.63) is 53.6 Å². The van der Waals surface area contributed by atoms with E-state index in [-0.39, 0.29) is 37.0 Å². The summed E-state index contributed by atoms with van der Waals surface area (Å²) >= 11 is 0. The minimum absolute atomic E-state index is 0.157. The lowest BCUT2D eigenvalue weighted by Crippen LogP contribution is -2.52. The summed E-state index contributed by atoms with van der Waals surface area (Å²) in [6.45, 7) is 0.178. The van der Waals surface area contributed by atoms with Gasteiger partial charge in [-0.3, -0.25) is 19.7 Å². The van der Waals surface area contributed by atoms with Crippen LogP contribution in [0.4, 0.5) is 13.2 Å². The number of piperidine rings is 1. The molecule has 2 aromatic carbocycles. The molecule has 0 aliphatic carbocycles. The minimum Gasteiger partial charge on any atom is -0.406 e. The molecule has 1 fully saturated rings. The van der Waals surface area contributed by atoms with Gasteiger partial charge >= 0.3 is 6.36 Å². The molecule has 150 valence electrons. The summed E-state index contributed by atoms with van der Waals surface area (Å²) < 4.78 is 40.9. The van der Waals surface area contributed by atoms with Crippen LogP contribution < -0.4 is 10.1 Å². The molecular weight excluding hydrogens is 389 g/mol. The Balaban J connectivity index is 1.62. The van der Waals surface area contributed by atoms with Crippen LogP contribution in [0.2, 0.25) is 0 Å². The zero-order valence-electron chi connectivity index (χ0n) is 15.0. The summed E-state index contributed by atoms with van der Waals surface area (Å²) in [4.78, 5) is 37.8. The number of hydrogen-bond acceptors (Lipinski definition) is 4. The number of hydrogen-bond donors (Lipinski definition) is 1. The first-order valence-corrected chi connectivity index (χ1v) is 8.86. The van der Waals surface area contributed by atoms with Gasteiger partial charge in [0.25, 0.3) is 5.91 Å². The Bertz CT molecular complexity index is 1000. The van der Waals surface area contributed by atoms with Crippen molar-refractivity contribution in [1.29, 1.82) is 0 Å². The first-order valence-electron chi connectivity index (χ1n) is 8.86. The molecule has 2 heterocycles. The van der Waals surface area contributed by atoms with Gasteiger partial charge in [0.2, 0.25) is 11.8 Å². The number of carbonyl (C=O) groups is 3. The molecule has 0 aromatic heterocycles. The molecule has 2 aliphatic heterocycles. The molecule has 0 spiro atoms. The number of rotatable bonds is 3. The van der Waals surface area contributed by atoms with Crippen LogP contribution in [0.25, 0.3) is 11.1 Å². The number of halogens is 3. The summed E-state index contributed by atoms with van der Waals surface area (Å²) in [5, 5.41) is 2.25. The Morgan fingerprint density at radius 1 is 1.00 bits per heavy atom. The van der Waals surface area contributed by atoms with Crippen LogP contribution in [0, 0.1) is 0 Å². The molecule has 1 N–H and O–H groups in total. The highest BCUT2D eigenvalue weighted by atomic mass is 19.4. The average molecular weight is 404 g/mol. The predicted octanol–water partition coefficient (Wildman–Crippen LogP) is 3.01. The van der Waals surface area contributed by atoms with Crippen LogP contribution in [0.5, 0.6) is 5.75 Å². The molecule has 6 nitrogen and oxygen atoms in total. The van der Waals surface area contributed by atoms with E-state index < -0.39 is 18.3 Å². The fraction of sp³-hybridized carbons (Fsp3) is 0.250. The summed E-state index contributed by atoms with van der Waals surface area (Å²) in [5.74, 6) is -1.52. The zero-order chi connectivity index (χ0) is 20.8. The summed E-state index contributed by atoms with van der Waals surface area (Å²) in [6, 6.07) is 9.73. The second-order valence-electron chi connectivity index (χ2n) is 6.80. The molecule has 1 unspecified atom stereocenters. The van der Waals surface area contributed by atoms with Gasteiger partial charge in [0.1, 0.15) is 11.8 Å². The maximum atomic E-state index is 12.8. The van der Waals surface area contributed by atoms with Gasteiger partial charge in [-0.1, -0.05) is 24.3 Å². The van der Waals surface area contributed by atoms with Gasteiger partial charge in [-0.2, -0.15) is 0 Å². The van der Waals surface area contributed by atoms with Crippen molar-refractivity contribution < 1.29 is 32.3 Å². The number of fused-ring (bicyclic) bond motifs is 1. The van der Waals surface area contributed by atoms with Crippen molar-refractivity contribution in [3.63, 3.8) is 0 Å². The maximum absolute atomic E-state index is 12.8. The first-order chi connectivity index (χ1) is 13.7. The Kier molecular flexibility index (Phi) is 4.52. The number of amides is 3. The van der Waals surface area contributed by atoms with Crippen LogP contribution in [-0.4, -0.2) is 35.0 Å². The monoisotopic (exact) mass is 404 g/mol. The Morgan fingerprint density at radius 2 is 1.69 bits per heavy atom. The standard InChI is InChI=1S/C20H15F3N2O4/c21-20(22,23)29-12-6-4-11(5-7-12)13-2-1-3-14-15(13)10-25(19(14)28)16-8-9-17(26)24-18(16)27/h1-7,16H,8-10H2,(H,24,26,27). The lowest BCUT2D eigenvalue weighted by atomic mass is 9.97. The van der Waals surface area contributed by atoms with Gasteiger partial charge in [-0.25, -0.2) is 0 Å². The lowest BCUT2D eigenvalue weighted by molar-refractivity contribution is -0.274. The molecule has 3 amide bonds. The molecule has 1 saturated heterocycles. The van der Waals surface area contributed by atoms with E-state index >= 15 is 0 Å². The quantitative estimate of drug-likeness (QED) is 0.798. The van der Waals surface area contributed by atoms with Crippen molar-refractivity contribution in [2.75, 3.05) is 0 Å². The van der Waals surface area contributed by atoms with E-state index in [0.29, 0.717) is 22.3 Å². The number of carbonyl (C=O) groups excluding carboxylic acids is 3. The molecule has 0 radical (unpaired) electrons. The van der Waals surface area contributed by atoms with E-state index in [1.54, 1.807) is 18.2 Å². The molecule has 0 saturated carbocycles. The topological polar surface area (TPSA) is 75.7 Å². The molecular formula is C20H15F3N2O4. The van der Waals surface area contributed by atoms with Crippen molar-refractivity contribution in [3.8, 4) is 16.9 Å². The molecule has 9 heteroatoms. The van der Waals surface area contributed by atoms with Gasteiger partial charge in [0.15, 0.2) is 0 Å². The fourth-order valence-corrected chi connectivity index (χ4v) is 3.69. The van der Waals surface area contributed by atoms with Crippen molar-refractivity contribution in [2.45, 2.75) is 31.8 Å². The second-order valence-corrected chi connectivity index (χ2v) is 6.80. The SMILES string of the molecule is O=C1CCC(N2Cc3c(cccc3-c3ccc(OC(F)(F)F)cc3)C2=O)C(=O)N1. The highest BCUT2D eigenvalue weighted by Gasteiger charge is 2.39. The molecule has 2 aliphatic rings. The van der Waals surface area contributed by atoms with E-state index in [1.807, 2.05) is 0 Å². The zero-order valence-corrected chi connectivity index (χ0v) is 15.0. The Morgan fingerprint density at radius 3 is 2.34 bits per heavy atom. The highest BCUT2D eigenvalue weighted by molar-refractivity contribution is 6.06. The number of imide groups is 1. The van der Waals surface area contributed by atoms with E-state index in [4.69, 9.17) is 0 Å². The van der Waals surface area contributed by atoms with Crippen LogP contribution in [0.15, 0.2) is 42.5 Å². The van der Waals surface area contributed by atoms with Gasteiger partial charge in [0, 0.05) is 18.5 Å².